The molecule has 0 saturated carbocycles. The highest BCUT2D eigenvalue weighted by Crippen LogP contribution is 2.33. The first kappa shape index (κ1) is 14.5. The highest BCUT2D eigenvalue weighted by Gasteiger charge is 2.10. The molecule has 0 fully saturated rings. The van der Waals surface area contributed by atoms with Gasteiger partial charge in [0.1, 0.15) is 5.75 Å². The van der Waals surface area contributed by atoms with Gasteiger partial charge in [0.2, 0.25) is 0 Å². The molecule has 2 rings (SSSR count). The molecule has 0 aliphatic heterocycles. The summed E-state index contributed by atoms with van der Waals surface area (Å²) >= 11 is 6.72. The average molecular weight is 389 g/mol. The molecule has 5 heteroatoms. The fourth-order valence-corrected chi connectivity index (χ4v) is 2.69. The number of hydrogen-bond donors (Lipinski definition) is 1. The summed E-state index contributed by atoms with van der Waals surface area (Å²) in [7, 11) is 0. The van der Waals surface area contributed by atoms with Gasteiger partial charge in [-0.05, 0) is 58.7 Å². The van der Waals surface area contributed by atoms with Crippen molar-refractivity contribution in [1.29, 1.82) is 0 Å². The smallest absolute Gasteiger partial charge is 0.166 e. The molecule has 19 heavy (non-hydrogen) atoms. The van der Waals surface area contributed by atoms with Crippen LogP contribution in [0.5, 0.6) is 11.5 Å². The highest BCUT2D eigenvalue weighted by molar-refractivity contribution is 9.11. The Bertz CT molecular complexity index is 602. The van der Waals surface area contributed by atoms with Gasteiger partial charge in [0.25, 0.3) is 0 Å². The third-order valence-corrected chi connectivity index (χ3v) is 3.71. The van der Waals surface area contributed by atoms with Crippen molar-refractivity contribution < 1.29 is 9.13 Å². The maximum absolute atomic E-state index is 13.9. The van der Waals surface area contributed by atoms with Crippen LogP contribution in [0, 0.1) is 5.82 Å². The molecule has 0 unspecified atom stereocenters. The Morgan fingerprint density at radius 2 is 1.79 bits per heavy atom. The molecule has 0 amide bonds. The third kappa shape index (κ3) is 3.55. The Balaban J connectivity index is 2.28. The van der Waals surface area contributed by atoms with E-state index in [9.17, 15) is 4.39 Å². The van der Waals surface area contributed by atoms with Crippen LogP contribution in [0.3, 0.4) is 0 Å². The molecule has 0 heterocycles. The van der Waals surface area contributed by atoms with Gasteiger partial charge in [-0.3, -0.25) is 0 Å². The predicted octanol–water partition coefficient (Wildman–Crippen LogP) is 5.16. The minimum atomic E-state index is -0.426. The summed E-state index contributed by atoms with van der Waals surface area (Å²) in [6.07, 6.45) is 0. The molecule has 0 spiro atoms. The van der Waals surface area contributed by atoms with E-state index in [0.717, 1.165) is 14.5 Å². The van der Waals surface area contributed by atoms with Crippen LogP contribution in [-0.2, 0) is 0 Å². The lowest BCUT2D eigenvalue weighted by atomic mass is 10.1. The van der Waals surface area contributed by atoms with E-state index in [0.29, 0.717) is 5.75 Å². The van der Waals surface area contributed by atoms with Gasteiger partial charge in [0.15, 0.2) is 11.6 Å². The lowest BCUT2D eigenvalue weighted by Gasteiger charge is -2.11. The van der Waals surface area contributed by atoms with Crippen molar-refractivity contribution >= 4 is 31.9 Å². The second-order valence-corrected chi connectivity index (χ2v) is 5.93. The monoisotopic (exact) mass is 387 g/mol. The average Bonchev–Trinajstić information content (AvgIpc) is 2.34. The Kier molecular flexibility index (Phi) is 4.60. The predicted molar refractivity (Wildman–Crippen MR) is 80.9 cm³/mol. The number of rotatable bonds is 3. The van der Waals surface area contributed by atoms with Crippen LogP contribution in [0.25, 0.3) is 0 Å². The zero-order chi connectivity index (χ0) is 14.0. The molecule has 0 aliphatic rings. The molecule has 0 aliphatic carbocycles. The Labute approximate surface area is 128 Å². The molecule has 0 radical (unpaired) electrons. The molecular weight excluding hydrogens is 377 g/mol. The van der Waals surface area contributed by atoms with Crippen LogP contribution >= 0.6 is 31.9 Å². The summed E-state index contributed by atoms with van der Waals surface area (Å²) in [5.41, 5.74) is 6.44. The molecule has 0 aromatic heterocycles. The van der Waals surface area contributed by atoms with E-state index in [1.807, 2.05) is 12.1 Å². The van der Waals surface area contributed by atoms with Gasteiger partial charge in [-0.15, -0.1) is 0 Å². The maximum Gasteiger partial charge on any atom is 0.166 e. The van der Waals surface area contributed by atoms with E-state index in [4.69, 9.17) is 10.5 Å². The number of benzene rings is 2. The second kappa shape index (κ2) is 6.03. The topological polar surface area (TPSA) is 35.2 Å². The molecule has 2 aromatic rings. The zero-order valence-electron chi connectivity index (χ0n) is 10.2. The largest absolute Gasteiger partial charge is 0.453 e. The van der Waals surface area contributed by atoms with Gasteiger partial charge in [-0.25, -0.2) is 4.39 Å². The van der Waals surface area contributed by atoms with Gasteiger partial charge in [0, 0.05) is 10.5 Å². The van der Waals surface area contributed by atoms with Gasteiger partial charge < -0.3 is 10.5 Å². The maximum atomic E-state index is 13.9. The first-order chi connectivity index (χ1) is 8.97. The molecule has 2 aromatic carbocycles. The summed E-state index contributed by atoms with van der Waals surface area (Å²) in [5.74, 6) is 0.299. The molecular formula is C14H12Br2FNO. The first-order valence-corrected chi connectivity index (χ1v) is 7.24. The van der Waals surface area contributed by atoms with Crippen LogP contribution in [0.1, 0.15) is 18.5 Å². The summed E-state index contributed by atoms with van der Waals surface area (Å²) in [6, 6.07) is 9.96. The SMILES string of the molecule is C[C@@H](N)c1ccc(Oc2ccc(Br)cc2Br)c(F)c1. The van der Waals surface area contributed by atoms with Crippen LogP contribution in [0.2, 0.25) is 0 Å². The van der Waals surface area contributed by atoms with E-state index in [-0.39, 0.29) is 11.8 Å². The van der Waals surface area contributed by atoms with E-state index in [2.05, 4.69) is 31.9 Å². The quantitative estimate of drug-likeness (QED) is 0.787. The van der Waals surface area contributed by atoms with Crippen molar-refractivity contribution in [2.75, 3.05) is 0 Å². The van der Waals surface area contributed by atoms with Crippen LogP contribution in [0.15, 0.2) is 45.3 Å². The Morgan fingerprint density at radius 1 is 1.11 bits per heavy atom. The third-order valence-electron chi connectivity index (χ3n) is 2.60. The van der Waals surface area contributed by atoms with E-state index < -0.39 is 5.82 Å². The molecule has 0 bridgehead atoms. The lowest BCUT2D eigenvalue weighted by molar-refractivity contribution is 0.439. The van der Waals surface area contributed by atoms with Crippen LogP contribution in [-0.4, -0.2) is 0 Å². The normalized spacial score (nSPS) is 12.3. The van der Waals surface area contributed by atoms with E-state index in [1.165, 1.54) is 6.07 Å². The first-order valence-electron chi connectivity index (χ1n) is 5.65. The number of halogens is 3. The lowest BCUT2D eigenvalue weighted by Crippen LogP contribution is -2.05. The van der Waals surface area contributed by atoms with Gasteiger partial charge >= 0.3 is 0 Å². The molecule has 100 valence electrons. The van der Waals surface area contributed by atoms with Crippen molar-refractivity contribution in [3.05, 3.63) is 56.7 Å². The van der Waals surface area contributed by atoms with Gasteiger partial charge in [-0.2, -0.15) is 0 Å². The van der Waals surface area contributed by atoms with Gasteiger partial charge in [-0.1, -0.05) is 22.0 Å². The van der Waals surface area contributed by atoms with Crippen molar-refractivity contribution in [3.8, 4) is 11.5 Å². The van der Waals surface area contributed by atoms with Crippen molar-refractivity contribution in [2.24, 2.45) is 5.73 Å². The summed E-state index contributed by atoms with van der Waals surface area (Å²) in [6.45, 7) is 1.81. The summed E-state index contributed by atoms with van der Waals surface area (Å²) in [4.78, 5) is 0. The van der Waals surface area contributed by atoms with E-state index in [1.54, 1.807) is 25.1 Å². The standard InChI is InChI=1S/C14H12Br2FNO/c1-8(18)9-2-4-14(12(17)6-9)19-13-5-3-10(15)7-11(13)16/h2-8H,18H2,1H3/t8-/m1/s1. The fraction of sp³-hybridized carbons (Fsp3) is 0.143. The van der Waals surface area contributed by atoms with Gasteiger partial charge in [0.05, 0.1) is 4.47 Å². The minimum absolute atomic E-state index is 0.174. The highest BCUT2D eigenvalue weighted by atomic mass is 79.9. The summed E-state index contributed by atoms with van der Waals surface area (Å²) < 4.78 is 21.1. The molecule has 2 nitrogen and oxygen atoms in total. The fourth-order valence-electron chi connectivity index (χ4n) is 1.56. The van der Waals surface area contributed by atoms with Crippen molar-refractivity contribution in [1.82, 2.24) is 0 Å². The van der Waals surface area contributed by atoms with Crippen LogP contribution < -0.4 is 10.5 Å². The molecule has 2 N–H and O–H groups in total. The molecule has 1 atom stereocenters. The number of nitrogens with two attached hydrogens (primary N) is 1. The Morgan fingerprint density at radius 3 is 2.37 bits per heavy atom. The Hall–Kier alpha value is -0.910. The second-order valence-electron chi connectivity index (χ2n) is 4.16. The minimum Gasteiger partial charge on any atom is -0.453 e. The van der Waals surface area contributed by atoms with Crippen LogP contribution in [0.4, 0.5) is 4.39 Å². The summed E-state index contributed by atoms with van der Waals surface area (Å²) in [5, 5.41) is 0. The molecule has 0 saturated heterocycles. The van der Waals surface area contributed by atoms with Crippen molar-refractivity contribution in [3.63, 3.8) is 0 Å². The zero-order valence-corrected chi connectivity index (χ0v) is 13.3. The number of hydrogen-bond acceptors (Lipinski definition) is 2. The van der Waals surface area contributed by atoms with Crippen molar-refractivity contribution in [2.45, 2.75) is 13.0 Å². The number of ether oxygens (including phenoxy) is 1. The van der Waals surface area contributed by atoms with E-state index >= 15 is 0 Å².